The van der Waals surface area contributed by atoms with Gasteiger partial charge in [0.1, 0.15) is 5.75 Å². The molecule has 0 fully saturated rings. The lowest BCUT2D eigenvalue weighted by Crippen LogP contribution is -2.48. The van der Waals surface area contributed by atoms with Gasteiger partial charge in [0, 0.05) is 16.3 Å². The fourth-order valence-corrected chi connectivity index (χ4v) is 5.15. The zero-order valence-corrected chi connectivity index (χ0v) is 19.1. The molecule has 3 N–H and O–H groups in total. The Morgan fingerprint density at radius 2 is 1.76 bits per heavy atom. The highest BCUT2D eigenvalue weighted by Crippen LogP contribution is 2.37. The van der Waals surface area contributed by atoms with Gasteiger partial charge in [-0.3, -0.25) is 13.9 Å². The molecule has 1 aliphatic rings. The van der Waals surface area contributed by atoms with E-state index >= 15 is 0 Å². The fraction of sp³-hybridized carbons (Fsp3) is 0.130. The van der Waals surface area contributed by atoms with Gasteiger partial charge in [-0.1, -0.05) is 29.8 Å². The zero-order valence-electron chi connectivity index (χ0n) is 17.5. The number of hydrogen-bond donors (Lipinski definition) is 2. The highest BCUT2D eigenvalue weighted by molar-refractivity contribution is 7.92. The summed E-state index contributed by atoms with van der Waals surface area (Å²) in [5, 5.41) is 3.12. The summed E-state index contributed by atoms with van der Waals surface area (Å²) in [5.74, 6) is -0.929. The smallest absolute Gasteiger partial charge is 0.267 e. The molecule has 8 nitrogen and oxygen atoms in total. The van der Waals surface area contributed by atoms with E-state index in [0.717, 1.165) is 4.31 Å². The predicted octanol–water partition coefficient (Wildman–Crippen LogP) is 3.34. The molecule has 10 heteroatoms. The number of nitrogens with two attached hydrogens (primary N) is 1. The summed E-state index contributed by atoms with van der Waals surface area (Å²) in [6.07, 6.45) is -1.14. The molecule has 0 saturated heterocycles. The van der Waals surface area contributed by atoms with E-state index in [9.17, 15) is 18.0 Å². The van der Waals surface area contributed by atoms with Gasteiger partial charge >= 0.3 is 0 Å². The molecule has 0 spiro atoms. The second kappa shape index (κ2) is 8.76. The second-order valence-corrected chi connectivity index (χ2v) is 9.69. The summed E-state index contributed by atoms with van der Waals surface area (Å²) in [4.78, 5) is 24.7. The lowest BCUT2D eigenvalue weighted by atomic mass is 10.1. The van der Waals surface area contributed by atoms with Crippen molar-refractivity contribution in [2.75, 3.05) is 16.2 Å². The van der Waals surface area contributed by atoms with E-state index in [0.29, 0.717) is 22.0 Å². The Morgan fingerprint density at radius 3 is 2.45 bits per heavy atom. The maximum absolute atomic E-state index is 13.4. The van der Waals surface area contributed by atoms with E-state index in [1.165, 1.54) is 24.3 Å². The summed E-state index contributed by atoms with van der Waals surface area (Å²) in [5.41, 5.74) is 6.86. The van der Waals surface area contributed by atoms with Crippen LogP contribution in [0.3, 0.4) is 0 Å². The van der Waals surface area contributed by atoms with E-state index in [4.69, 9.17) is 22.1 Å². The average molecular weight is 486 g/mol. The Bertz CT molecular complexity index is 1340. The van der Waals surface area contributed by atoms with Crippen LogP contribution in [0.1, 0.15) is 15.9 Å². The molecule has 0 aliphatic carbocycles. The lowest BCUT2D eigenvalue weighted by molar-refractivity contribution is -0.122. The quantitative estimate of drug-likeness (QED) is 0.574. The molecule has 2 amide bonds. The standard InChI is InChI=1S/C23H20ClN3O5S/c1-14-17(22(25)28)5-4-6-18(14)26-23(29)21-13-27(19-7-2-3-8-20(19)32-21)33(30,31)16-11-9-15(24)10-12-16/h2-12,21H,13H2,1H3,(H2,25,28)(H,26,29). The van der Waals surface area contributed by atoms with Crippen LogP contribution in [0.2, 0.25) is 5.02 Å². The number of amides is 2. The number of fused-ring (bicyclic) bond motifs is 1. The maximum atomic E-state index is 13.4. The first-order valence-electron chi connectivity index (χ1n) is 9.93. The number of rotatable bonds is 5. The Morgan fingerprint density at radius 1 is 1.06 bits per heavy atom. The van der Waals surface area contributed by atoms with Crippen molar-refractivity contribution in [1.29, 1.82) is 0 Å². The van der Waals surface area contributed by atoms with Crippen molar-refractivity contribution in [3.8, 4) is 5.75 Å². The van der Waals surface area contributed by atoms with Crippen LogP contribution >= 0.6 is 11.6 Å². The number of hydrogen-bond acceptors (Lipinski definition) is 5. The Labute approximate surface area is 196 Å². The predicted molar refractivity (Wildman–Crippen MR) is 125 cm³/mol. The molecule has 33 heavy (non-hydrogen) atoms. The van der Waals surface area contributed by atoms with Gasteiger partial charge in [-0.15, -0.1) is 0 Å². The molecule has 0 saturated carbocycles. The molecule has 4 rings (SSSR count). The fourth-order valence-electron chi connectivity index (χ4n) is 3.55. The van der Waals surface area contributed by atoms with Crippen LogP contribution in [0.4, 0.5) is 11.4 Å². The van der Waals surface area contributed by atoms with Gasteiger partial charge in [0.15, 0.2) is 6.10 Å². The number of sulfonamides is 1. The van der Waals surface area contributed by atoms with Crippen molar-refractivity contribution in [2.45, 2.75) is 17.9 Å². The minimum Gasteiger partial charge on any atom is -0.476 e. The topological polar surface area (TPSA) is 119 Å². The molecule has 0 aromatic heterocycles. The van der Waals surface area contributed by atoms with E-state index in [1.54, 1.807) is 49.4 Å². The van der Waals surface area contributed by atoms with Crippen molar-refractivity contribution in [3.63, 3.8) is 0 Å². The number of ether oxygens (including phenoxy) is 1. The summed E-state index contributed by atoms with van der Waals surface area (Å²) >= 11 is 5.90. The second-order valence-electron chi connectivity index (χ2n) is 7.40. The Balaban J connectivity index is 1.67. The van der Waals surface area contributed by atoms with Crippen LogP contribution in [0, 0.1) is 6.92 Å². The number of carbonyl (C=O) groups is 2. The molecular weight excluding hydrogens is 466 g/mol. The van der Waals surface area contributed by atoms with E-state index in [1.807, 2.05) is 0 Å². The normalized spacial score (nSPS) is 15.3. The number of anilines is 2. The number of primary amides is 1. The molecule has 1 aliphatic heterocycles. The summed E-state index contributed by atoms with van der Waals surface area (Å²) in [6, 6.07) is 17.1. The van der Waals surface area contributed by atoms with Gasteiger partial charge < -0.3 is 15.8 Å². The van der Waals surface area contributed by atoms with Gasteiger partial charge in [-0.05, 0) is 61.0 Å². The van der Waals surface area contributed by atoms with E-state index < -0.39 is 27.9 Å². The molecule has 0 radical (unpaired) electrons. The third-order valence-electron chi connectivity index (χ3n) is 5.29. The Hall–Kier alpha value is -3.56. The van der Waals surface area contributed by atoms with Crippen LogP contribution in [0.15, 0.2) is 71.6 Å². The van der Waals surface area contributed by atoms with Crippen molar-refractivity contribution in [2.24, 2.45) is 5.73 Å². The number of nitrogens with zero attached hydrogens (tertiary/aromatic N) is 1. The zero-order chi connectivity index (χ0) is 23.8. The molecule has 1 atom stereocenters. The minimum absolute atomic E-state index is 0.0350. The van der Waals surface area contributed by atoms with Crippen LogP contribution in [-0.4, -0.2) is 32.9 Å². The summed E-state index contributed by atoms with van der Waals surface area (Å²) in [7, 11) is -4.00. The van der Waals surface area contributed by atoms with Gasteiger partial charge in [0.2, 0.25) is 5.91 Å². The lowest BCUT2D eigenvalue weighted by Gasteiger charge is -2.34. The number of benzene rings is 3. The van der Waals surface area contributed by atoms with E-state index in [2.05, 4.69) is 5.32 Å². The SMILES string of the molecule is Cc1c(NC(=O)C2CN(S(=O)(=O)c3ccc(Cl)cc3)c3ccccc3O2)cccc1C(N)=O. The highest BCUT2D eigenvalue weighted by atomic mass is 35.5. The maximum Gasteiger partial charge on any atom is 0.267 e. The van der Waals surface area contributed by atoms with E-state index in [-0.39, 0.29) is 22.8 Å². The van der Waals surface area contributed by atoms with Crippen molar-refractivity contribution in [3.05, 3.63) is 82.9 Å². The van der Waals surface area contributed by atoms with Crippen molar-refractivity contribution >= 4 is 44.8 Å². The molecule has 3 aromatic carbocycles. The van der Waals surface area contributed by atoms with Gasteiger partial charge in [0.05, 0.1) is 17.1 Å². The van der Waals surface area contributed by atoms with Gasteiger partial charge in [0.25, 0.3) is 15.9 Å². The van der Waals surface area contributed by atoms with Crippen LogP contribution in [0.5, 0.6) is 5.75 Å². The summed E-state index contributed by atoms with van der Waals surface area (Å²) in [6.45, 7) is 1.41. The first-order chi connectivity index (χ1) is 15.7. The number of halogens is 1. The molecule has 1 unspecified atom stereocenters. The first-order valence-corrected chi connectivity index (χ1v) is 11.7. The number of nitrogens with one attached hydrogen (secondary N) is 1. The third kappa shape index (κ3) is 4.37. The molecule has 3 aromatic rings. The van der Waals surface area contributed by atoms with Crippen LogP contribution < -0.4 is 20.1 Å². The summed E-state index contributed by atoms with van der Waals surface area (Å²) < 4.78 is 33.8. The van der Waals surface area contributed by atoms with Gasteiger partial charge in [-0.25, -0.2) is 8.42 Å². The number of para-hydroxylation sites is 2. The molecule has 170 valence electrons. The minimum atomic E-state index is -4.00. The van der Waals surface area contributed by atoms with Crippen LogP contribution in [0.25, 0.3) is 0 Å². The molecular formula is C23H20ClN3O5S. The van der Waals surface area contributed by atoms with Crippen molar-refractivity contribution in [1.82, 2.24) is 0 Å². The van der Waals surface area contributed by atoms with Gasteiger partial charge in [-0.2, -0.15) is 0 Å². The average Bonchev–Trinajstić information content (AvgIpc) is 2.79. The monoisotopic (exact) mass is 485 g/mol. The number of carbonyl (C=O) groups excluding carboxylic acids is 2. The first kappa shape index (κ1) is 22.6. The molecule has 1 heterocycles. The third-order valence-corrected chi connectivity index (χ3v) is 7.33. The highest BCUT2D eigenvalue weighted by Gasteiger charge is 2.37. The van der Waals surface area contributed by atoms with Crippen LogP contribution in [-0.2, 0) is 14.8 Å². The Kier molecular flexibility index (Phi) is 6.01. The van der Waals surface area contributed by atoms with Crippen molar-refractivity contribution < 1.29 is 22.7 Å². The largest absolute Gasteiger partial charge is 0.476 e. The molecule has 0 bridgehead atoms.